The fraction of sp³-hybridized carbons (Fsp3) is 0.667. The summed E-state index contributed by atoms with van der Waals surface area (Å²) in [5, 5.41) is 5.41. The molecule has 14 heavy (non-hydrogen) atoms. The molecule has 0 saturated carbocycles. The Morgan fingerprint density at radius 2 is 2.21 bits per heavy atom. The minimum atomic E-state index is -2.82. The van der Waals surface area contributed by atoms with Crippen LogP contribution in [-0.4, -0.2) is 15.9 Å². The molecule has 2 N–H and O–H groups in total. The second kappa shape index (κ2) is 5.93. The fourth-order valence-electron chi connectivity index (χ4n) is 1.10. The number of hydrogen-bond donors (Lipinski definition) is 1. The highest BCUT2D eigenvalue weighted by atomic mass is 32.2. The van der Waals surface area contributed by atoms with Crippen LogP contribution in [0, 0.1) is 5.92 Å². The third-order valence-electron chi connectivity index (χ3n) is 1.58. The summed E-state index contributed by atoms with van der Waals surface area (Å²) in [6.07, 6.45) is 4.71. The Hall–Kier alpha value is -0.680. The molecule has 0 heterocycles. The van der Waals surface area contributed by atoms with E-state index in [0.29, 0.717) is 0 Å². The van der Waals surface area contributed by atoms with E-state index in [-0.39, 0.29) is 11.7 Å². The van der Waals surface area contributed by atoms with Gasteiger partial charge in [-0.1, -0.05) is 19.1 Å². The first kappa shape index (κ1) is 13.3. The molecule has 1 amide bonds. The summed E-state index contributed by atoms with van der Waals surface area (Å²) in [7, 11) is -2.82. The van der Waals surface area contributed by atoms with Gasteiger partial charge in [0, 0.05) is 12.7 Å². The van der Waals surface area contributed by atoms with E-state index in [9.17, 15) is 9.00 Å². The summed E-state index contributed by atoms with van der Waals surface area (Å²) >= 11 is 0. The van der Waals surface area contributed by atoms with Crippen LogP contribution >= 0.6 is 0 Å². The molecule has 0 bridgehead atoms. The molecule has 2 atom stereocenters. The minimum Gasteiger partial charge on any atom is -0.272 e. The number of nitrogens with two attached hydrogens (primary N) is 1. The zero-order chi connectivity index (χ0) is 11.2. The summed E-state index contributed by atoms with van der Waals surface area (Å²) in [4.78, 5) is 10.6. The van der Waals surface area contributed by atoms with Crippen LogP contribution in [-0.2, 0) is 14.7 Å². The molecule has 0 aromatic rings. The van der Waals surface area contributed by atoms with Gasteiger partial charge in [0.05, 0.1) is 0 Å². The Morgan fingerprint density at radius 3 is 2.64 bits per heavy atom. The normalized spacial score (nSPS) is 17.7. The first-order chi connectivity index (χ1) is 6.37. The average molecular weight is 218 g/mol. The first-order valence-corrected chi connectivity index (χ1v) is 6.26. The van der Waals surface area contributed by atoms with E-state index in [1.165, 1.54) is 6.92 Å². The van der Waals surface area contributed by atoms with Gasteiger partial charge in [-0.25, -0.2) is 9.35 Å². The predicted molar refractivity (Wildman–Crippen MR) is 58.9 cm³/mol. The van der Waals surface area contributed by atoms with E-state index in [1.807, 2.05) is 26.0 Å². The lowest BCUT2D eigenvalue weighted by Crippen LogP contribution is -2.22. The van der Waals surface area contributed by atoms with Gasteiger partial charge in [0.15, 0.2) is 0 Å². The van der Waals surface area contributed by atoms with Gasteiger partial charge in [0.2, 0.25) is 0 Å². The second-order valence-electron chi connectivity index (χ2n) is 3.38. The van der Waals surface area contributed by atoms with Gasteiger partial charge >= 0.3 is 0 Å². The lowest BCUT2D eigenvalue weighted by molar-refractivity contribution is -0.115. The Bertz CT molecular complexity index is 328. The largest absolute Gasteiger partial charge is 0.272 e. The lowest BCUT2D eigenvalue weighted by atomic mass is 10.1. The Labute approximate surface area is 85.9 Å². The molecular formula is C9H18N2O2S. The zero-order valence-electron chi connectivity index (χ0n) is 8.90. The van der Waals surface area contributed by atoms with Gasteiger partial charge in [0.25, 0.3) is 5.91 Å². The number of allylic oxidation sites excluding steroid dienone is 2. The molecule has 0 saturated heterocycles. The third kappa shape index (κ3) is 6.80. The Kier molecular flexibility index (Phi) is 5.64. The molecule has 1 unspecified atom stereocenters. The zero-order valence-corrected chi connectivity index (χ0v) is 9.71. The van der Waals surface area contributed by atoms with E-state index in [4.69, 9.17) is 5.14 Å². The summed E-state index contributed by atoms with van der Waals surface area (Å²) < 4.78 is 14.9. The molecule has 0 aliphatic rings. The number of hydrogen-bond acceptors (Lipinski definition) is 2. The number of amides is 1. The maximum atomic E-state index is 11.5. The highest BCUT2D eigenvalue weighted by molar-refractivity contribution is 7.91. The highest BCUT2D eigenvalue weighted by Gasteiger charge is 2.09. The van der Waals surface area contributed by atoms with Crippen molar-refractivity contribution in [1.29, 1.82) is 0 Å². The minimum absolute atomic E-state index is 0.173. The van der Waals surface area contributed by atoms with E-state index >= 15 is 0 Å². The lowest BCUT2D eigenvalue weighted by Gasteiger charge is -2.08. The monoisotopic (exact) mass is 218 g/mol. The predicted octanol–water partition coefficient (Wildman–Crippen LogP) is 1.48. The number of rotatable bonds is 4. The highest BCUT2D eigenvalue weighted by Crippen LogP contribution is 2.06. The molecule has 4 nitrogen and oxygen atoms in total. The standard InChI is InChI=1S/C9H18N2O2S/c1-4-5-6-8(2)7-14(10,13)11-9(3)12/h4-5,8H,6-7H2,1-3H3,(H2,10,11,12,13)/t8-,14?/m0/s1. The van der Waals surface area contributed by atoms with Gasteiger partial charge in [0.1, 0.15) is 9.92 Å². The second-order valence-corrected chi connectivity index (χ2v) is 5.27. The molecule has 0 aliphatic carbocycles. The quantitative estimate of drug-likeness (QED) is 0.726. The fourth-order valence-corrected chi connectivity index (χ4v) is 2.56. The van der Waals surface area contributed by atoms with Crippen LogP contribution in [0.25, 0.3) is 0 Å². The molecule has 0 rings (SSSR count). The van der Waals surface area contributed by atoms with Crippen molar-refractivity contribution in [2.75, 3.05) is 5.75 Å². The van der Waals surface area contributed by atoms with Crippen molar-refractivity contribution in [1.82, 2.24) is 0 Å². The first-order valence-electron chi connectivity index (χ1n) is 4.51. The summed E-state index contributed by atoms with van der Waals surface area (Å²) in [6, 6.07) is 0. The van der Waals surface area contributed by atoms with E-state index < -0.39 is 15.8 Å². The van der Waals surface area contributed by atoms with Crippen molar-refractivity contribution >= 4 is 15.8 Å². The Morgan fingerprint density at radius 1 is 1.64 bits per heavy atom. The molecule has 82 valence electrons. The molecule has 0 aromatic carbocycles. The average Bonchev–Trinajstić information content (AvgIpc) is 1.96. The van der Waals surface area contributed by atoms with Crippen LogP contribution in [0.2, 0.25) is 0 Å². The van der Waals surface area contributed by atoms with E-state index in [1.54, 1.807) is 0 Å². The topological polar surface area (TPSA) is 72.5 Å². The van der Waals surface area contributed by atoms with Gasteiger partial charge in [-0.05, 0) is 19.3 Å². The van der Waals surface area contributed by atoms with Crippen LogP contribution in [0.1, 0.15) is 27.2 Å². The van der Waals surface area contributed by atoms with Crippen molar-refractivity contribution in [3.05, 3.63) is 12.2 Å². The SMILES string of the molecule is CC=CC[C@H](C)CS(N)(=O)=NC(C)=O. The van der Waals surface area contributed by atoms with Crippen molar-refractivity contribution in [2.45, 2.75) is 27.2 Å². The summed E-state index contributed by atoms with van der Waals surface area (Å²) in [6.45, 7) is 5.11. The Balaban J connectivity index is 4.36. The molecule has 0 aliphatic heterocycles. The summed E-state index contributed by atoms with van der Waals surface area (Å²) in [5.41, 5.74) is 0. The van der Waals surface area contributed by atoms with Gasteiger partial charge in [-0.2, -0.15) is 0 Å². The molecular weight excluding hydrogens is 200 g/mol. The van der Waals surface area contributed by atoms with Crippen LogP contribution in [0.4, 0.5) is 0 Å². The summed E-state index contributed by atoms with van der Waals surface area (Å²) in [5.74, 6) is -0.0424. The van der Waals surface area contributed by atoms with Gasteiger partial charge in [-0.3, -0.25) is 4.79 Å². The molecule has 0 radical (unpaired) electrons. The number of carbonyl (C=O) groups is 1. The maximum Gasteiger partial charge on any atom is 0.251 e. The van der Waals surface area contributed by atoms with Crippen LogP contribution in [0.3, 0.4) is 0 Å². The van der Waals surface area contributed by atoms with E-state index in [2.05, 4.69) is 4.36 Å². The van der Waals surface area contributed by atoms with Crippen molar-refractivity contribution in [3.63, 3.8) is 0 Å². The van der Waals surface area contributed by atoms with Crippen LogP contribution < -0.4 is 5.14 Å². The van der Waals surface area contributed by atoms with Crippen molar-refractivity contribution in [2.24, 2.45) is 15.4 Å². The molecule has 0 aromatic heterocycles. The molecule has 0 fully saturated rings. The number of nitrogens with zero attached hydrogens (tertiary/aromatic N) is 1. The van der Waals surface area contributed by atoms with Crippen molar-refractivity contribution in [3.8, 4) is 0 Å². The van der Waals surface area contributed by atoms with Gasteiger partial charge < -0.3 is 0 Å². The maximum absolute atomic E-state index is 11.5. The van der Waals surface area contributed by atoms with Crippen LogP contribution in [0.15, 0.2) is 16.5 Å². The smallest absolute Gasteiger partial charge is 0.251 e. The third-order valence-corrected chi connectivity index (χ3v) is 3.19. The number of carbonyl (C=O) groups excluding carboxylic acids is 1. The molecule has 0 spiro atoms. The van der Waals surface area contributed by atoms with Crippen LogP contribution in [0.5, 0.6) is 0 Å². The van der Waals surface area contributed by atoms with Gasteiger partial charge in [-0.15, -0.1) is 4.36 Å². The van der Waals surface area contributed by atoms with E-state index in [0.717, 1.165) is 6.42 Å². The van der Waals surface area contributed by atoms with Crippen molar-refractivity contribution < 1.29 is 9.00 Å². The molecule has 5 heteroatoms.